The summed E-state index contributed by atoms with van der Waals surface area (Å²) >= 11 is 0. The Morgan fingerprint density at radius 2 is 1.63 bits per heavy atom. The van der Waals surface area contributed by atoms with E-state index in [2.05, 4.69) is 29.7 Å². The zero-order chi connectivity index (χ0) is 35.7. The van der Waals surface area contributed by atoms with Crippen LogP contribution in [-0.2, 0) is 25.2 Å². The fraction of sp³-hybridized carbons (Fsp3) is 0.250. The molecule has 1 heterocycles. The lowest BCUT2D eigenvalue weighted by Gasteiger charge is -2.24. The number of benzene rings is 4. The highest BCUT2D eigenvalue weighted by molar-refractivity contribution is 7.92. The van der Waals surface area contributed by atoms with Gasteiger partial charge in [0.25, 0.3) is 5.91 Å². The first kappa shape index (κ1) is 35.3. The van der Waals surface area contributed by atoms with Gasteiger partial charge < -0.3 is 15.4 Å². The van der Waals surface area contributed by atoms with E-state index in [9.17, 15) is 17.4 Å². The number of aromatic nitrogens is 2. The van der Waals surface area contributed by atoms with E-state index in [1.807, 2.05) is 70.2 Å². The molecule has 11 nitrogen and oxygen atoms in total. The molecule has 0 atom stereocenters. The number of ether oxygens (including phenoxy) is 1. The van der Waals surface area contributed by atoms with Crippen molar-refractivity contribution in [1.29, 1.82) is 0 Å². The van der Waals surface area contributed by atoms with Crippen LogP contribution in [-0.4, -0.2) is 54.4 Å². The third kappa shape index (κ3) is 8.92. The quantitative estimate of drug-likeness (QED) is 0.142. The number of amides is 1. The maximum Gasteiger partial charge on any atom is 0.255 e. The predicted octanol–water partition coefficient (Wildman–Crippen LogP) is 7.64. The van der Waals surface area contributed by atoms with Crippen molar-refractivity contribution in [1.82, 2.24) is 9.97 Å². The topological polar surface area (TPSA) is 152 Å². The van der Waals surface area contributed by atoms with Crippen LogP contribution in [0.5, 0.6) is 5.75 Å². The number of nitrogens with zero attached hydrogens (tertiary/aromatic N) is 3. The van der Waals surface area contributed by atoms with Crippen LogP contribution in [0, 0.1) is 6.92 Å². The number of sulfonamides is 1. The van der Waals surface area contributed by atoms with Crippen LogP contribution in [0.25, 0.3) is 22.0 Å². The monoisotopic (exact) mass is 700 g/mol. The Labute approximate surface area is 287 Å². The summed E-state index contributed by atoms with van der Waals surface area (Å²) in [5.41, 5.74) is 6.21. The summed E-state index contributed by atoms with van der Waals surface area (Å²) in [5, 5.41) is 6.94. The van der Waals surface area contributed by atoms with Crippen LogP contribution in [0.15, 0.2) is 83.4 Å². The highest BCUT2D eigenvalue weighted by atomic mass is 32.2. The van der Waals surface area contributed by atoms with Gasteiger partial charge in [0.05, 0.1) is 35.9 Å². The van der Waals surface area contributed by atoms with Crippen molar-refractivity contribution < 1.29 is 22.2 Å². The maximum atomic E-state index is 13.7. The maximum absolute atomic E-state index is 13.7. The summed E-state index contributed by atoms with van der Waals surface area (Å²) < 4.78 is 48.7. The van der Waals surface area contributed by atoms with Crippen molar-refractivity contribution in [2.45, 2.75) is 33.1 Å². The van der Waals surface area contributed by atoms with Gasteiger partial charge in [-0.2, -0.15) is 4.36 Å². The van der Waals surface area contributed by atoms with Gasteiger partial charge in [0.2, 0.25) is 16.0 Å². The minimum Gasteiger partial charge on any atom is -0.492 e. The molecule has 256 valence electrons. The molecule has 13 heteroatoms. The van der Waals surface area contributed by atoms with Crippen LogP contribution in [0.3, 0.4) is 0 Å². The van der Waals surface area contributed by atoms with Gasteiger partial charge in [-0.25, -0.2) is 22.6 Å². The molecule has 0 unspecified atom stereocenters. The lowest BCUT2D eigenvalue weighted by molar-refractivity contribution is 0.102. The normalized spacial score (nSPS) is 12.0. The molecule has 3 N–H and O–H groups in total. The van der Waals surface area contributed by atoms with Crippen LogP contribution in [0.4, 0.5) is 28.7 Å². The van der Waals surface area contributed by atoms with Gasteiger partial charge in [-0.05, 0) is 89.2 Å². The molecule has 0 bridgehead atoms. The summed E-state index contributed by atoms with van der Waals surface area (Å²) in [6, 6.07) is 22.0. The fourth-order valence-electron chi connectivity index (χ4n) is 5.20. The zero-order valence-electron chi connectivity index (χ0n) is 28.7. The number of nitrogens with one attached hydrogen (secondary N) is 3. The minimum absolute atomic E-state index is 0.206. The number of carbonyl (C=O) groups is 1. The second kappa shape index (κ2) is 13.5. The minimum atomic E-state index is -3.62. The van der Waals surface area contributed by atoms with Crippen molar-refractivity contribution in [2.24, 2.45) is 4.36 Å². The Bertz CT molecular complexity index is 2320. The van der Waals surface area contributed by atoms with Crippen LogP contribution >= 0.6 is 0 Å². The van der Waals surface area contributed by atoms with E-state index in [-0.39, 0.29) is 22.8 Å². The number of rotatable bonds is 9. The zero-order valence-corrected chi connectivity index (χ0v) is 30.3. The van der Waals surface area contributed by atoms with E-state index in [0.29, 0.717) is 22.9 Å². The van der Waals surface area contributed by atoms with E-state index in [1.54, 1.807) is 49.0 Å². The number of fused-ring (bicyclic) bond motifs is 1. The van der Waals surface area contributed by atoms with Crippen molar-refractivity contribution in [3.8, 4) is 16.9 Å². The smallest absolute Gasteiger partial charge is 0.255 e. The Kier molecular flexibility index (Phi) is 9.71. The van der Waals surface area contributed by atoms with Crippen molar-refractivity contribution >= 4 is 65.3 Å². The van der Waals surface area contributed by atoms with E-state index in [0.717, 1.165) is 45.1 Å². The van der Waals surface area contributed by atoms with Crippen LogP contribution in [0.2, 0.25) is 0 Å². The van der Waals surface area contributed by atoms with Gasteiger partial charge in [-0.3, -0.25) is 9.52 Å². The molecule has 5 rings (SSSR count). The largest absolute Gasteiger partial charge is 0.492 e. The number of hydrogen-bond donors (Lipinski definition) is 3. The molecular weight excluding hydrogens is 661 g/mol. The molecule has 4 aromatic carbocycles. The Morgan fingerprint density at radius 3 is 2.31 bits per heavy atom. The summed E-state index contributed by atoms with van der Waals surface area (Å²) in [7, 11) is -4.49. The van der Waals surface area contributed by atoms with E-state index >= 15 is 0 Å². The van der Waals surface area contributed by atoms with Gasteiger partial charge in [-0.1, -0.05) is 39.0 Å². The average molecular weight is 701 g/mol. The third-order valence-electron chi connectivity index (χ3n) is 7.52. The summed E-state index contributed by atoms with van der Waals surface area (Å²) in [5.74, 6) is 0.229. The van der Waals surface area contributed by atoms with Gasteiger partial charge >= 0.3 is 0 Å². The van der Waals surface area contributed by atoms with E-state index < -0.39 is 19.8 Å². The van der Waals surface area contributed by atoms with Crippen LogP contribution in [0.1, 0.15) is 42.3 Å². The number of carbonyl (C=O) groups excluding carboxylic acids is 1. The lowest BCUT2D eigenvalue weighted by atomic mass is 9.86. The Hall–Kier alpha value is -5.01. The molecule has 0 saturated carbocycles. The second-order valence-corrected chi connectivity index (χ2v) is 17.4. The third-order valence-corrected chi connectivity index (χ3v) is 8.76. The summed E-state index contributed by atoms with van der Waals surface area (Å²) in [6.45, 7) is 7.96. The van der Waals surface area contributed by atoms with Crippen LogP contribution < -0.4 is 20.1 Å². The molecule has 0 aliphatic rings. The predicted molar refractivity (Wildman–Crippen MR) is 200 cm³/mol. The first-order valence-electron chi connectivity index (χ1n) is 15.3. The van der Waals surface area contributed by atoms with Gasteiger partial charge in [0.1, 0.15) is 0 Å². The van der Waals surface area contributed by atoms with Crippen molar-refractivity contribution in [3.05, 3.63) is 95.7 Å². The summed E-state index contributed by atoms with van der Waals surface area (Å²) in [6.07, 6.45) is 5.97. The first-order chi connectivity index (χ1) is 22.9. The van der Waals surface area contributed by atoms with Crippen molar-refractivity contribution in [2.75, 3.05) is 41.2 Å². The molecule has 5 aromatic rings. The van der Waals surface area contributed by atoms with Gasteiger partial charge in [0.15, 0.2) is 5.75 Å². The SMILES string of the molecule is COc1c(NC(=O)c2ccc(C)c(-c3ccc4nc(Nc5cccc(N=S(C)(C)=O)c5)ncc4c3)c2)cc(C(C)(C)C)cc1NS(C)(=O)=O. The summed E-state index contributed by atoms with van der Waals surface area (Å²) in [4.78, 5) is 22.8. The molecule has 1 aromatic heterocycles. The Balaban J connectivity index is 1.43. The lowest BCUT2D eigenvalue weighted by Crippen LogP contribution is -2.18. The first-order valence-corrected chi connectivity index (χ1v) is 19.5. The molecule has 0 saturated heterocycles. The number of methoxy groups -OCH3 is 1. The molecule has 49 heavy (non-hydrogen) atoms. The Morgan fingerprint density at radius 1 is 0.898 bits per heavy atom. The average Bonchev–Trinajstić information content (AvgIpc) is 2.99. The molecule has 0 aliphatic heterocycles. The fourth-order valence-corrected chi connectivity index (χ4v) is 6.38. The molecule has 1 amide bonds. The molecular formula is C36H40N6O5S2. The molecule has 0 fully saturated rings. The van der Waals surface area contributed by atoms with E-state index in [1.165, 1.54) is 7.11 Å². The highest BCUT2D eigenvalue weighted by Gasteiger charge is 2.23. The van der Waals surface area contributed by atoms with E-state index in [4.69, 9.17) is 4.74 Å². The van der Waals surface area contributed by atoms with Gasteiger partial charge in [0, 0.05) is 45.1 Å². The number of aryl methyl sites for hydroxylation is 1. The number of anilines is 4. The number of hydrogen-bond acceptors (Lipinski definition) is 9. The van der Waals surface area contributed by atoms with Crippen molar-refractivity contribution in [3.63, 3.8) is 0 Å². The molecule has 0 spiro atoms. The second-order valence-electron chi connectivity index (χ2n) is 13.1. The molecule has 0 radical (unpaired) electrons. The molecule has 0 aliphatic carbocycles. The highest BCUT2D eigenvalue weighted by Crippen LogP contribution is 2.39. The standard InChI is InChI=1S/C36H40N6O5S2/c1-22-12-13-24(34(43)39-31-18-26(36(2,3)4)19-32(33(31)47-5)42-49(8,45)46)17-29(22)23-14-15-30-25(16-23)21-37-35(40-30)38-27-10-9-11-28(20-27)41-48(6,7)44/h9-21,42H,1-8H3,(H,39,43)(H,37,38,40). The van der Waals surface area contributed by atoms with Gasteiger partial charge in [-0.15, -0.1) is 0 Å².